The second-order valence-corrected chi connectivity index (χ2v) is 9.29. The van der Waals surface area contributed by atoms with E-state index in [1.807, 2.05) is 43.3 Å². The zero-order valence-electron chi connectivity index (χ0n) is 18.7. The van der Waals surface area contributed by atoms with E-state index in [2.05, 4.69) is 43.4 Å². The summed E-state index contributed by atoms with van der Waals surface area (Å²) in [5, 5.41) is 4.34. The summed E-state index contributed by atoms with van der Waals surface area (Å²) in [6.45, 7) is 9.08. The molecule has 0 spiro atoms. The zero-order valence-corrected chi connectivity index (χ0v) is 18.7. The Labute approximate surface area is 180 Å². The molecule has 0 bridgehead atoms. The van der Waals surface area contributed by atoms with Crippen molar-refractivity contribution in [1.29, 1.82) is 0 Å². The Kier molecular flexibility index (Phi) is 7.30. The molecule has 4 nitrogen and oxygen atoms in total. The predicted molar refractivity (Wildman–Crippen MR) is 123 cm³/mol. The third kappa shape index (κ3) is 6.19. The van der Waals surface area contributed by atoms with Crippen molar-refractivity contribution in [1.82, 2.24) is 5.43 Å². The van der Waals surface area contributed by atoms with E-state index >= 15 is 0 Å². The number of carbonyl (C=O) groups is 1. The first-order chi connectivity index (χ1) is 14.3. The van der Waals surface area contributed by atoms with Gasteiger partial charge in [0.05, 0.1) is 0 Å². The number of hydrazone groups is 1. The summed E-state index contributed by atoms with van der Waals surface area (Å²) in [6.07, 6.45) is 6.19. The maximum atomic E-state index is 12.4. The van der Waals surface area contributed by atoms with Gasteiger partial charge in [-0.25, -0.2) is 5.43 Å². The molecule has 30 heavy (non-hydrogen) atoms. The van der Waals surface area contributed by atoms with Gasteiger partial charge in [0, 0.05) is 11.3 Å². The molecule has 3 rings (SSSR count). The van der Waals surface area contributed by atoms with Crippen LogP contribution < -0.4 is 10.2 Å². The molecule has 1 amide bonds. The molecular formula is C26H34N2O2. The molecule has 160 valence electrons. The number of nitrogens with one attached hydrogen (secondary N) is 1. The van der Waals surface area contributed by atoms with Crippen molar-refractivity contribution in [3.8, 4) is 5.75 Å². The highest BCUT2D eigenvalue weighted by Crippen LogP contribution is 2.25. The van der Waals surface area contributed by atoms with Crippen LogP contribution >= 0.6 is 0 Å². The van der Waals surface area contributed by atoms with Crippen molar-refractivity contribution in [3.63, 3.8) is 0 Å². The fourth-order valence-electron chi connectivity index (χ4n) is 3.79. The summed E-state index contributed by atoms with van der Waals surface area (Å²) < 4.78 is 5.88. The number of ether oxygens (including phenoxy) is 1. The minimum Gasteiger partial charge on any atom is -0.489 e. The first kappa shape index (κ1) is 22.1. The summed E-state index contributed by atoms with van der Waals surface area (Å²) >= 11 is 0. The normalized spacial score (nSPS) is 15.7. The number of hydrogen-bond acceptors (Lipinski definition) is 3. The fraction of sp³-hybridized carbons (Fsp3) is 0.462. The van der Waals surface area contributed by atoms with Crippen molar-refractivity contribution < 1.29 is 9.53 Å². The van der Waals surface area contributed by atoms with Gasteiger partial charge in [-0.3, -0.25) is 4.79 Å². The lowest BCUT2D eigenvalue weighted by Gasteiger charge is -2.21. The molecule has 0 radical (unpaired) electrons. The van der Waals surface area contributed by atoms with Gasteiger partial charge in [0.15, 0.2) is 0 Å². The first-order valence-corrected chi connectivity index (χ1v) is 11.0. The largest absolute Gasteiger partial charge is 0.489 e. The second kappa shape index (κ2) is 9.92. The van der Waals surface area contributed by atoms with Gasteiger partial charge < -0.3 is 4.74 Å². The van der Waals surface area contributed by atoms with E-state index in [1.54, 1.807) is 0 Å². The number of hydrogen-bond donors (Lipinski definition) is 1. The van der Waals surface area contributed by atoms with Crippen LogP contribution in [-0.2, 0) is 12.0 Å². The standard InChI is InChI=1S/C26H34N2O2/c1-19(21-8-6-5-7-9-21)27-28-25(29)22-12-10-20(11-13-22)18-30-24-16-14-23(15-17-24)26(2,3)4/h10-17,21H,5-9,18H2,1-4H3,(H,28,29). The molecule has 4 heteroatoms. The SMILES string of the molecule is CC(=NNC(=O)c1ccc(COc2ccc(C(C)(C)C)cc2)cc1)C1CCCCC1. The predicted octanol–water partition coefficient (Wildman–Crippen LogP) is 6.25. The molecule has 1 fully saturated rings. The smallest absolute Gasteiger partial charge is 0.271 e. The minimum atomic E-state index is -0.171. The number of amides is 1. The highest BCUT2D eigenvalue weighted by molar-refractivity contribution is 5.95. The molecule has 0 saturated heterocycles. The highest BCUT2D eigenvalue weighted by atomic mass is 16.5. The molecule has 0 heterocycles. The molecule has 1 aliphatic carbocycles. The number of carbonyl (C=O) groups excluding carboxylic acids is 1. The van der Waals surface area contributed by atoms with Crippen LogP contribution in [0.1, 0.15) is 81.3 Å². The molecule has 2 aromatic rings. The highest BCUT2D eigenvalue weighted by Gasteiger charge is 2.16. The van der Waals surface area contributed by atoms with Crippen LogP contribution in [0.15, 0.2) is 53.6 Å². The van der Waals surface area contributed by atoms with Crippen LogP contribution in [0, 0.1) is 5.92 Å². The van der Waals surface area contributed by atoms with Gasteiger partial charge in [0.2, 0.25) is 0 Å². The molecule has 0 atom stereocenters. The van der Waals surface area contributed by atoms with Crippen LogP contribution in [0.4, 0.5) is 0 Å². The summed E-state index contributed by atoms with van der Waals surface area (Å²) in [4.78, 5) is 12.4. The van der Waals surface area contributed by atoms with E-state index in [0.717, 1.165) is 17.0 Å². The molecule has 0 aromatic heterocycles. The Bertz CT molecular complexity index is 855. The topological polar surface area (TPSA) is 50.7 Å². The van der Waals surface area contributed by atoms with E-state index in [0.29, 0.717) is 18.1 Å². The number of benzene rings is 2. The van der Waals surface area contributed by atoms with E-state index in [9.17, 15) is 4.79 Å². The number of nitrogens with zero attached hydrogens (tertiary/aromatic N) is 1. The van der Waals surface area contributed by atoms with Crippen molar-refractivity contribution in [2.24, 2.45) is 11.0 Å². The summed E-state index contributed by atoms with van der Waals surface area (Å²) in [7, 11) is 0. The van der Waals surface area contributed by atoms with Gasteiger partial charge in [-0.05, 0) is 66.5 Å². The quantitative estimate of drug-likeness (QED) is 0.455. The molecule has 1 aliphatic rings. The lowest BCUT2D eigenvalue weighted by atomic mass is 9.86. The average Bonchev–Trinajstić information content (AvgIpc) is 2.76. The van der Waals surface area contributed by atoms with Crippen LogP contribution in [0.25, 0.3) is 0 Å². The van der Waals surface area contributed by atoms with Crippen molar-refractivity contribution in [2.75, 3.05) is 0 Å². The molecule has 1 N–H and O–H groups in total. The van der Waals surface area contributed by atoms with Crippen molar-refractivity contribution >= 4 is 11.6 Å². The van der Waals surface area contributed by atoms with Gasteiger partial charge in [-0.1, -0.05) is 64.3 Å². The van der Waals surface area contributed by atoms with Gasteiger partial charge in [0.1, 0.15) is 12.4 Å². The van der Waals surface area contributed by atoms with E-state index in [1.165, 1.54) is 37.7 Å². The number of rotatable bonds is 6. The average molecular weight is 407 g/mol. The minimum absolute atomic E-state index is 0.133. The van der Waals surface area contributed by atoms with Gasteiger partial charge in [-0.2, -0.15) is 5.10 Å². The van der Waals surface area contributed by atoms with Crippen LogP contribution in [0.3, 0.4) is 0 Å². The summed E-state index contributed by atoms with van der Waals surface area (Å²) in [5.41, 5.74) is 6.78. The van der Waals surface area contributed by atoms with E-state index in [4.69, 9.17) is 4.74 Å². The molecule has 2 aromatic carbocycles. The molecule has 1 saturated carbocycles. The van der Waals surface area contributed by atoms with Crippen molar-refractivity contribution in [3.05, 3.63) is 65.2 Å². The molecule has 0 unspecified atom stereocenters. The van der Waals surface area contributed by atoms with Gasteiger partial charge in [0.25, 0.3) is 5.91 Å². The lowest BCUT2D eigenvalue weighted by Crippen LogP contribution is -2.23. The molecular weight excluding hydrogens is 372 g/mol. The Morgan fingerprint density at radius 2 is 1.63 bits per heavy atom. The van der Waals surface area contributed by atoms with Crippen LogP contribution in [0.5, 0.6) is 5.75 Å². The van der Waals surface area contributed by atoms with E-state index < -0.39 is 0 Å². The fourth-order valence-corrected chi connectivity index (χ4v) is 3.79. The first-order valence-electron chi connectivity index (χ1n) is 11.0. The summed E-state index contributed by atoms with van der Waals surface area (Å²) in [6, 6.07) is 15.7. The third-order valence-corrected chi connectivity index (χ3v) is 5.87. The van der Waals surface area contributed by atoms with E-state index in [-0.39, 0.29) is 11.3 Å². The van der Waals surface area contributed by atoms with Gasteiger partial charge in [-0.15, -0.1) is 0 Å². The Morgan fingerprint density at radius 3 is 2.23 bits per heavy atom. The summed E-state index contributed by atoms with van der Waals surface area (Å²) in [5.74, 6) is 1.18. The second-order valence-electron chi connectivity index (χ2n) is 9.29. The molecule has 0 aliphatic heterocycles. The Hall–Kier alpha value is -2.62. The lowest BCUT2D eigenvalue weighted by molar-refractivity contribution is 0.0954. The van der Waals surface area contributed by atoms with Crippen molar-refractivity contribution in [2.45, 2.75) is 71.8 Å². The zero-order chi connectivity index (χ0) is 21.6. The third-order valence-electron chi connectivity index (χ3n) is 5.87. The Balaban J connectivity index is 1.51. The van der Waals surface area contributed by atoms with Gasteiger partial charge >= 0.3 is 0 Å². The monoisotopic (exact) mass is 406 g/mol. The maximum absolute atomic E-state index is 12.4. The Morgan fingerprint density at radius 1 is 1.00 bits per heavy atom. The maximum Gasteiger partial charge on any atom is 0.271 e. The van der Waals surface area contributed by atoms with Crippen LogP contribution in [-0.4, -0.2) is 11.6 Å². The van der Waals surface area contributed by atoms with Crippen LogP contribution in [0.2, 0.25) is 0 Å².